The molecule has 0 unspecified atom stereocenters. The van der Waals surface area contributed by atoms with Crippen LogP contribution in [-0.4, -0.2) is 30.8 Å². The van der Waals surface area contributed by atoms with E-state index in [1.807, 2.05) is 60.7 Å². The molecule has 1 amide bonds. The fourth-order valence-corrected chi connectivity index (χ4v) is 3.04. The monoisotopic (exact) mass is 450 g/mol. The van der Waals surface area contributed by atoms with Gasteiger partial charge < -0.3 is 19.5 Å². The lowest BCUT2D eigenvalue weighted by molar-refractivity contribution is -0.386. The highest BCUT2D eigenvalue weighted by Crippen LogP contribution is 2.28. The zero-order valence-electron chi connectivity index (χ0n) is 18.1. The summed E-state index contributed by atoms with van der Waals surface area (Å²) in [6.07, 6.45) is -0.120. The first-order valence-corrected chi connectivity index (χ1v) is 10.6. The molecule has 0 saturated heterocycles. The third-order valence-electron chi connectivity index (χ3n) is 4.71. The third kappa shape index (κ3) is 8.27. The van der Waals surface area contributed by atoms with Crippen molar-refractivity contribution in [2.75, 3.05) is 19.8 Å². The van der Waals surface area contributed by atoms with Crippen LogP contribution in [0, 0.1) is 10.1 Å². The predicted molar refractivity (Wildman–Crippen MR) is 123 cm³/mol. The van der Waals surface area contributed by atoms with E-state index in [1.54, 1.807) is 12.1 Å². The van der Waals surface area contributed by atoms with Gasteiger partial charge in [-0.25, -0.2) is 4.79 Å². The van der Waals surface area contributed by atoms with E-state index in [0.29, 0.717) is 25.2 Å². The molecule has 0 radical (unpaired) electrons. The lowest BCUT2D eigenvalue weighted by Gasteiger charge is -2.10. The number of hydrogen-bond donors (Lipinski definition) is 1. The number of ether oxygens (including phenoxy) is 3. The van der Waals surface area contributed by atoms with Crippen molar-refractivity contribution in [1.82, 2.24) is 5.32 Å². The number of hydrogen-bond acceptors (Lipinski definition) is 6. The van der Waals surface area contributed by atoms with Gasteiger partial charge in [-0.1, -0.05) is 66.7 Å². The van der Waals surface area contributed by atoms with Crippen LogP contribution in [0.4, 0.5) is 10.5 Å². The molecule has 0 saturated carbocycles. The Kier molecular flexibility index (Phi) is 9.23. The number of nitrogens with zero attached hydrogens (tertiary/aromatic N) is 1. The molecule has 0 bridgehead atoms. The van der Waals surface area contributed by atoms with E-state index in [4.69, 9.17) is 14.2 Å². The summed E-state index contributed by atoms with van der Waals surface area (Å²) >= 11 is 0. The first-order valence-electron chi connectivity index (χ1n) is 10.6. The van der Waals surface area contributed by atoms with Gasteiger partial charge in [0.25, 0.3) is 0 Å². The Labute approximate surface area is 192 Å². The number of alkyl carbamates (subject to hydrolysis) is 1. The van der Waals surface area contributed by atoms with Crippen molar-refractivity contribution in [3.05, 3.63) is 106 Å². The van der Waals surface area contributed by atoms with Crippen molar-refractivity contribution in [2.24, 2.45) is 0 Å². The molecule has 0 fully saturated rings. The van der Waals surface area contributed by atoms with Crippen LogP contribution >= 0.6 is 0 Å². The van der Waals surface area contributed by atoms with Crippen LogP contribution in [0.25, 0.3) is 0 Å². The fraction of sp³-hybridized carbons (Fsp3) is 0.240. The van der Waals surface area contributed by atoms with Crippen molar-refractivity contribution in [2.45, 2.75) is 19.6 Å². The van der Waals surface area contributed by atoms with Gasteiger partial charge in [0.1, 0.15) is 13.2 Å². The lowest BCUT2D eigenvalue weighted by Crippen LogP contribution is -2.26. The molecule has 0 spiro atoms. The maximum atomic E-state index is 11.8. The first kappa shape index (κ1) is 23.7. The number of carbonyl (C=O) groups is 1. The smallest absolute Gasteiger partial charge is 0.407 e. The number of amides is 1. The molecular weight excluding hydrogens is 424 g/mol. The zero-order chi connectivity index (χ0) is 23.3. The SMILES string of the molecule is O=C(NCCc1ccc(OCCOCc2ccccc2)c([N+](=O)[O-])c1)OCc1ccccc1. The second kappa shape index (κ2) is 12.8. The lowest BCUT2D eigenvalue weighted by atomic mass is 10.1. The third-order valence-corrected chi connectivity index (χ3v) is 4.71. The Morgan fingerprint density at radius 2 is 1.52 bits per heavy atom. The Hall–Kier alpha value is -3.91. The van der Waals surface area contributed by atoms with Gasteiger partial charge in [-0.15, -0.1) is 0 Å². The van der Waals surface area contributed by atoms with Crippen molar-refractivity contribution in [3.63, 3.8) is 0 Å². The second-order valence-corrected chi connectivity index (χ2v) is 7.18. The van der Waals surface area contributed by atoms with E-state index in [2.05, 4.69) is 5.32 Å². The summed E-state index contributed by atoms with van der Waals surface area (Å²) in [5.74, 6) is 0.183. The maximum Gasteiger partial charge on any atom is 0.407 e. The fourth-order valence-electron chi connectivity index (χ4n) is 3.04. The Bertz CT molecular complexity index is 1030. The normalized spacial score (nSPS) is 10.4. The van der Waals surface area contributed by atoms with Gasteiger partial charge in [0.05, 0.1) is 18.1 Å². The highest BCUT2D eigenvalue weighted by Gasteiger charge is 2.16. The largest absolute Gasteiger partial charge is 0.484 e. The van der Waals surface area contributed by atoms with Crippen LogP contribution in [0.5, 0.6) is 5.75 Å². The second-order valence-electron chi connectivity index (χ2n) is 7.18. The quantitative estimate of drug-likeness (QED) is 0.245. The molecule has 8 heteroatoms. The molecule has 0 aliphatic heterocycles. The number of benzene rings is 3. The summed E-state index contributed by atoms with van der Waals surface area (Å²) in [6.45, 7) is 1.42. The summed E-state index contributed by atoms with van der Waals surface area (Å²) in [5, 5.41) is 14.1. The van der Waals surface area contributed by atoms with E-state index in [0.717, 1.165) is 11.1 Å². The average Bonchev–Trinajstić information content (AvgIpc) is 2.84. The van der Waals surface area contributed by atoms with E-state index in [1.165, 1.54) is 6.07 Å². The summed E-state index contributed by atoms with van der Waals surface area (Å²) in [4.78, 5) is 22.8. The van der Waals surface area contributed by atoms with Gasteiger partial charge in [0.2, 0.25) is 0 Å². The molecule has 0 aromatic heterocycles. The van der Waals surface area contributed by atoms with Gasteiger partial charge >= 0.3 is 11.8 Å². The van der Waals surface area contributed by atoms with Crippen molar-refractivity contribution < 1.29 is 23.9 Å². The van der Waals surface area contributed by atoms with E-state index in [-0.39, 0.29) is 31.2 Å². The molecule has 0 aliphatic rings. The zero-order valence-corrected chi connectivity index (χ0v) is 18.1. The minimum atomic E-state index is -0.538. The molecule has 33 heavy (non-hydrogen) atoms. The number of rotatable bonds is 12. The van der Waals surface area contributed by atoms with Crippen LogP contribution in [0.3, 0.4) is 0 Å². The average molecular weight is 450 g/mol. The summed E-state index contributed by atoms with van der Waals surface area (Å²) in [5.41, 5.74) is 2.52. The molecule has 3 aromatic carbocycles. The Balaban J connectivity index is 1.41. The highest BCUT2D eigenvalue weighted by molar-refractivity contribution is 5.67. The molecule has 0 atom stereocenters. The minimum Gasteiger partial charge on any atom is -0.484 e. The van der Waals surface area contributed by atoms with Crippen molar-refractivity contribution in [1.29, 1.82) is 0 Å². The van der Waals surface area contributed by atoms with Gasteiger partial charge in [-0.05, 0) is 29.2 Å². The molecule has 8 nitrogen and oxygen atoms in total. The van der Waals surface area contributed by atoms with Crippen molar-refractivity contribution >= 4 is 11.8 Å². The van der Waals surface area contributed by atoms with Crippen LogP contribution in [0.2, 0.25) is 0 Å². The van der Waals surface area contributed by atoms with Gasteiger partial charge in [0, 0.05) is 12.6 Å². The van der Waals surface area contributed by atoms with Gasteiger partial charge in [-0.3, -0.25) is 10.1 Å². The molecule has 1 N–H and O–H groups in total. The molecule has 3 rings (SSSR count). The minimum absolute atomic E-state index is 0.123. The van der Waals surface area contributed by atoms with Crippen LogP contribution in [0.1, 0.15) is 16.7 Å². The predicted octanol–water partition coefficient (Wildman–Crippen LogP) is 4.66. The Morgan fingerprint density at radius 3 is 2.18 bits per heavy atom. The Morgan fingerprint density at radius 1 is 0.848 bits per heavy atom. The highest BCUT2D eigenvalue weighted by atomic mass is 16.6. The standard InChI is InChI=1S/C25H26N2O6/c28-25(33-19-22-9-5-2-6-10-22)26-14-13-20-11-12-24(23(17-20)27(29)30)32-16-15-31-18-21-7-3-1-4-8-21/h1-12,17H,13-16,18-19H2,(H,26,28). The maximum absolute atomic E-state index is 11.8. The van der Waals surface area contributed by atoms with Crippen LogP contribution in [-0.2, 0) is 29.1 Å². The van der Waals surface area contributed by atoms with Gasteiger partial charge in [-0.2, -0.15) is 0 Å². The number of carbonyl (C=O) groups excluding carboxylic acids is 1. The van der Waals surface area contributed by atoms with Gasteiger partial charge in [0.15, 0.2) is 5.75 Å². The summed E-state index contributed by atoms with van der Waals surface area (Å²) in [7, 11) is 0. The van der Waals surface area contributed by atoms with E-state index in [9.17, 15) is 14.9 Å². The molecular formula is C25H26N2O6. The number of nitro groups is 1. The first-order chi connectivity index (χ1) is 16.1. The number of nitrogens with one attached hydrogen (secondary N) is 1. The topological polar surface area (TPSA) is 99.9 Å². The number of nitro benzene ring substituents is 1. The van der Waals surface area contributed by atoms with Crippen LogP contribution in [0.15, 0.2) is 78.9 Å². The van der Waals surface area contributed by atoms with Crippen LogP contribution < -0.4 is 10.1 Å². The summed E-state index contributed by atoms with van der Waals surface area (Å²) < 4.78 is 16.2. The van der Waals surface area contributed by atoms with E-state index < -0.39 is 11.0 Å². The molecule has 172 valence electrons. The molecule has 0 heterocycles. The van der Waals surface area contributed by atoms with Crippen molar-refractivity contribution in [3.8, 4) is 5.75 Å². The molecule has 3 aromatic rings. The summed E-state index contributed by atoms with van der Waals surface area (Å²) in [6, 6.07) is 23.8. The van der Waals surface area contributed by atoms with E-state index >= 15 is 0 Å². The molecule has 0 aliphatic carbocycles.